The van der Waals surface area contributed by atoms with Gasteiger partial charge in [0.05, 0.1) is 0 Å². The summed E-state index contributed by atoms with van der Waals surface area (Å²) < 4.78 is 38.3. The fourth-order valence-corrected chi connectivity index (χ4v) is 2.88. The van der Waals surface area contributed by atoms with Gasteiger partial charge in [-0.05, 0) is 37.1 Å². The van der Waals surface area contributed by atoms with Crippen LogP contribution in [0.2, 0.25) is 0 Å². The lowest BCUT2D eigenvalue weighted by Crippen LogP contribution is -2.10. The lowest BCUT2D eigenvalue weighted by Gasteiger charge is -2.12. The molecule has 1 aromatic heterocycles. The lowest BCUT2D eigenvalue weighted by molar-refractivity contribution is -0.141. The van der Waals surface area contributed by atoms with E-state index < -0.39 is 11.9 Å². The van der Waals surface area contributed by atoms with Crippen molar-refractivity contribution in [2.45, 2.75) is 36.5 Å². The van der Waals surface area contributed by atoms with Crippen LogP contribution in [-0.2, 0) is 12.7 Å². The summed E-state index contributed by atoms with van der Waals surface area (Å²) in [6, 6.07) is 8.15. The van der Waals surface area contributed by atoms with E-state index in [-0.39, 0.29) is 6.54 Å². The molecule has 1 aromatic carbocycles. The highest BCUT2D eigenvalue weighted by Crippen LogP contribution is 2.35. The largest absolute Gasteiger partial charge is 0.433 e. The molecule has 6 heteroatoms. The van der Waals surface area contributed by atoms with E-state index in [1.54, 1.807) is 0 Å². The van der Waals surface area contributed by atoms with Gasteiger partial charge in [-0.25, -0.2) is 4.98 Å². The number of rotatable bonds is 3. The Morgan fingerprint density at radius 2 is 1.86 bits per heavy atom. The Hall–Kier alpha value is -1.53. The molecule has 0 aliphatic rings. The van der Waals surface area contributed by atoms with Crippen molar-refractivity contribution < 1.29 is 13.2 Å². The number of pyridine rings is 1. The summed E-state index contributed by atoms with van der Waals surface area (Å²) in [5, 5.41) is 0.305. The van der Waals surface area contributed by atoms with E-state index in [0.717, 1.165) is 22.1 Å². The first kappa shape index (κ1) is 15.9. The Bertz CT molecular complexity index is 654. The summed E-state index contributed by atoms with van der Waals surface area (Å²) >= 11 is 1.21. The fourth-order valence-electron chi connectivity index (χ4n) is 1.89. The van der Waals surface area contributed by atoms with Crippen LogP contribution in [0.3, 0.4) is 0 Å². The molecule has 2 rings (SSSR count). The van der Waals surface area contributed by atoms with Crippen molar-refractivity contribution in [2.24, 2.45) is 5.73 Å². The third-order valence-corrected chi connectivity index (χ3v) is 4.21. The van der Waals surface area contributed by atoms with Crippen LogP contribution in [0.4, 0.5) is 13.2 Å². The van der Waals surface area contributed by atoms with Gasteiger partial charge in [-0.15, -0.1) is 0 Å². The van der Waals surface area contributed by atoms with Crippen LogP contribution in [0, 0.1) is 13.8 Å². The molecular weight excluding hydrogens is 297 g/mol. The molecule has 0 fully saturated rings. The molecule has 0 amide bonds. The van der Waals surface area contributed by atoms with Gasteiger partial charge in [-0.1, -0.05) is 35.5 Å². The van der Waals surface area contributed by atoms with Crippen LogP contribution in [0.5, 0.6) is 0 Å². The number of aryl methyl sites for hydroxylation is 2. The maximum atomic E-state index is 12.8. The number of hydrogen-bond acceptors (Lipinski definition) is 3. The minimum absolute atomic E-state index is 0.151. The van der Waals surface area contributed by atoms with Crippen molar-refractivity contribution in [3.8, 4) is 0 Å². The fraction of sp³-hybridized carbons (Fsp3) is 0.267. The summed E-state index contributed by atoms with van der Waals surface area (Å²) in [5.74, 6) is 0. The van der Waals surface area contributed by atoms with Crippen molar-refractivity contribution in [1.82, 2.24) is 4.98 Å². The van der Waals surface area contributed by atoms with Gasteiger partial charge in [-0.2, -0.15) is 13.2 Å². The van der Waals surface area contributed by atoms with Crippen molar-refractivity contribution in [3.05, 3.63) is 52.7 Å². The van der Waals surface area contributed by atoms with E-state index in [1.807, 2.05) is 32.0 Å². The number of halogens is 3. The minimum Gasteiger partial charge on any atom is -0.326 e. The van der Waals surface area contributed by atoms with Crippen LogP contribution in [0.25, 0.3) is 0 Å². The van der Waals surface area contributed by atoms with Gasteiger partial charge in [0.25, 0.3) is 0 Å². The second kappa shape index (κ2) is 6.07. The Labute approximate surface area is 125 Å². The van der Waals surface area contributed by atoms with Gasteiger partial charge in [0, 0.05) is 11.4 Å². The zero-order valence-corrected chi connectivity index (χ0v) is 12.5. The first-order valence-electron chi connectivity index (χ1n) is 6.33. The summed E-state index contributed by atoms with van der Waals surface area (Å²) in [6.45, 7) is 4.04. The smallest absolute Gasteiger partial charge is 0.326 e. The Morgan fingerprint density at radius 1 is 1.14 bits per heavy atom. The molecule has 0 saturated carbocycles. The van der Waals surface area contributed by atoms with Crippen molar-refractivity contribution >= 4 is 11.8 Å². The normalized spacial score (nSPS) is 11.7. The molecule has 0 radical (unpaired) electrons. The van der Waals surface area contributed by atoms with Gasteiger partial charge in [0.1, 0.15) is 10.7 Å². The molecule has 0 saturated heterocycles. The molecule has 21 heavy (non-hydrogen) atoms. The van der Waals surface area contributed by atoms with Crippen LogP contribution >= 0.6 is 11.8 Å². The quantitative estimate of drug-likeness (QED) is 0.917. The SMILES string of the molecule is Cc1ccc(Sc2nc(C(F)(F)F)ccc2CN)c(C)c1. The molecule has 2 N–H and O–H groups in total. The van der Waals surface area contributed by atoms with Crippen molar-refractivity contribution in [1.29, 1.82) is 0 Å². The maximum Gasteiger partial charge on any atom is 0.433 e. The summed E-state index contributed by atoms with van der Waals surface area (Å²) in [6.07, 6.45) is -4.45. The number of nitrogens with two attached hydrogens (primary N) is 1. The monoisotopic (exact) mass is 312 g/mol. The number of hydrogen-bond donors (Lipinski definition) is 1. The Balaban J connectivity index is 2.42. The third kappa shape index (κ3) is 3.77. The van der Waals surface area contributed by atoms with Crippen LogP contribution in [0.15, 0.2) is 40.3 Å². The average Bonchev–Trinajstić information content (AvgIpc) is 2.41. The van der Waals surface area contributed by atoms with Gasteiger partial charge in [0.2, 0.25) is 0 Å². The molecule has 0 aliphatic carbocycles. The summed E-state index contributed by atoms with van der Waals surface area (Å²) in [7, 11) is 0. The highest BCUT2D eigenvalue weighted by molar-refractivity contribution is 7.99. The molecule has 0 atom stereocenters. The average molecular weight is 312 g/mol. The molecule has 2 nitrogen and oxygen atoms in total. The number of nitrogens with zero attached hydrogens (tertiary/aromatic N) is 1. The van der Waals surface area contributed by atoms with E-state index >= 15 is 0 Å². The Morgan fingerprint density at radius 3 is 2.43 bits per heavy atom. The first-order valence-corrected chi connectivity index (χ1v) is 7.15. The zero-order valence-electron chi connectivity index (χ0n) is 11.7. The van der Waals surface area contributed by atoms with Crippen LogP contribution < -0.4 is 5.73 Å². The Kier molecular flexibility index (Phi) is 4.58. The minimum atomic E-state index is -4.45. The second-order valence-electron chi connectivity index (χ2n) is 4.73. The molecular formula is C15H15F3N2S. The van der Waals surface area contributed by atoms with Crippen molar-refractivity contribution in [2.75, 3.05) is 0 Å². The third-order valence-electron chi connectivity index (χ3n) is 2.99. The second-order valence-corrected chi connectivity index (χ2v) is 5.76. The van der Waals surface area contributed by atoms with E-state index in [4.69, 9.17) is 5.73 Å². The molecule has 0 spiro atoms. The highest BCUT2D eigenvalue weighted by Gasteiger charge is 2.33. The highest BCUT2D eigenvalue weighted by atomic mass is 32.2. The summed E-state index contributed by atoms with van der Waals surface area (Å²) in [5.41, 5.74) is 7.41. The summed E-state index contributed by atoms with van der Waals surface area (Å²) in [4.78, 5) is 4.61. The van der Waals surface area contributed by atoms with Crippen LogP contribution in [0.1, 0.15) is 22.4 Å². The van der Waals surface area contributed by atoms with E-state index in [9.17, 15) is 13.2 Å². The lowest BCUT2D eigenvalue weighted by atomic mass is 10.2. The first-order chi connectivity index (χ1) is 9.81. The van der Waals surface area contributed by atoms with Crippen LogP contribution in [-0.4, -0.2) is 4.98 Å². The predicted molar refractivity (Wildman–Crippen MR) is 77.2 cm³/mol. The molecule has 1 heterocycles. The number of benzene rings is 1. The zero-order chi connectivity index (χ0) is 15.6. The van der Waals surface area contributed by atoms with E-state index in [0.29, 0.717) is 10.6 Å². The van der Waals surface area contributed by atoms with Gasteiger partial charge in [0.15, 0.2) is 0 Å². The topological polar surface area (TPSA) is 38.9 Å². The molecule has 2 aromatic rings. The number of alkyl halides is 3. The molecule has 0 aliphatic heterocycles. The molecule has 112 valence electrons. The molecule has 0 unspecified atom stereocenters. The van der Waals surface area contributed by atoms with Gasteiger partial charge in [-0.3, -0.25) is 0 Å². The van der Waals surface area contributed by atoms with E-state index in [2.05, 4.69) is 4.98 Å². The maximum absolute atomic E-state index is 12.8. The van der Waals surface area contributed by atoms with Crippen molar-refractivity contribution in [3.63, 3.8) is 0 Å². The molecule has 0 bridgehead atoms. The van der Waals surface area contributed by atoms with Gasteiger partial charge >= 0.3 is 6.18 Å². The number of aromatic nitrogens is 1. The van der Waals surface area contributed by atoms with Gasteiger partial charge < -0.3 is 5.73 Å². The van der Waals surface area contributed by atoms with E-state index in [1.165, 1.54) is 17.8 Å². The predicted octanol–water partition coefficient (Wildman–Crippen LogP) is 4.33. The standard InChI is InChI=1S/C15H15F3N2S/c1-9-3-5-12(10(2)7-9)21-14-11(8-19)4-6-13(20-14)15(16,17)18/h3-7H,8,19H2,1-2H3.